The summed E-state index contributed by atoms with van der Waals surface area (Å²) in [6, 6.07) is 15.0. The van der Waals surface area contributed by atoms with E-state index in [0.29, 0.717) is 47.4 Å². The third kappa shape index (κ3) is 4.17. The van der Waals surface area contributed by atoms with Gasteiger partial charge in [-0.2, -0.15) is 4.37 Å². The zero-order valence-corrected chi connectivity index (χ0v) is 18.5. The summed E-state index contributed by atoms with van der Waals surface area (Å²) in [6.45, 7) is 0.775. The standard InChI is InChI=1S/C24H21FN4O3S/c25-18-8-6-17(7-9-18)22(30)28-12-10-24(32,11-13-28)14-29-15-26-20-19(16-4-2-1-3-5-16)27-33-21(20)23(29)31/h1-9,15,32H,10-14H2. The Labute approximate surface area is 192 Å². The number of hydrogen-bond donors (Lipinski definition) is 1. The van der Waals surface area contributed by atoms with Gasteiger partial charge in [-0.3, -0.25) is 14.2 Å². The lowest BCUT2D eigenvalue weighted by molar-refractivity contribution is -0.0299. The average Bonchev–Trinajstić information content (AvgIpc) is 3.27. The van der Waals surface area contributed by atoms with E-state index in [1.54, 1.807) is 4.90 Å². The van der Waals surface area contributed by atoms with Gasteiger partial charge >= 0.3 is 0 Å². The van der Waals surface area contributed by atoms with Crippen LogP contribution in [0.15, 0.2) is 65.7 Å². The van der Waals surface area contributed by atoms with E-state index in [1.165, 1.54) is 35.2 Å². The van der Waals surface area contributed by atoms with Crippen molar-refractivity contribution >= 4 is 27.7 Å². The normalized spacial score (nSPS) is 15.6. The van der Waals surface area contributed by atoms with Gasteiger partial charge in [-0.15, -0.1) is 0 Å². The molecule has 0 atom stereocenters. The summed E-state index contributed by atoms with van der Waals surface area (Å²) in [4.78, 5) is 31.8. The molecule has 1 aliphatic rings. The van der Waals surface area contributed by atoms with Crippen molar-refractivity contribution in [3.8, 4) is 11.3 Å². The number of fused-ring (bicyclic) bond motifs is 1. The van der Waals surface area contributed by atoms with Crippen LogP contribution in [0.4, 0.5) is 4.39 Å². The second kappa shape index (κ2) is 8.49. The molecule has 0 spiro atoms. The van der Waals surface area contributed by atoms with Crippen LogP contribution in [-0.2, 0) is 6.54 Å². The molecule has 5 rings (SSSR count). The van der Waals surface area contributed by atoms with Gasteiger partial charge in [0, 0.05) is 24.2 Å². The fourth-order valence-corrected chi connectivity index (χ4v) is 4.94. The molecule has 0 unspecified atom stereocenters. The van der Waals surface area contributed by atoms with Crippen LogP contribution in [0, 0.1) is 5.82 Å². The highest BCUT2D eigenvalue weighted by Gasteiger charge is 2.35. The number of carbonyl (C=O) groups is 1. The first kappa shape index (κ1) is 21.4. The van der Waals surface area contributed by atoms with Gasteiger partial charge < -0.3 is 10.0 Å². The molecule has 2 aromatic carbocycles. The quantitative estimate of drug-likeness (QED) is 0.501. The molecule has 168 valence electrons. The van der Waals surface area contributed by atoms with Crippen LogP contribution in [0.2, 0.25) is 0 Å². The predicted molar refractivity (Wildman–Crippen MR) is 124 cm³/mol. The van der Waals surface area contributed by atoms with Gasteiger partial charge in [0.25, 0.3) is 11.5 Å². The van der Waals surface area contributed by atoms with E-state index >= 15 is 0 Å². The molecule has 1 amide bonds. The molecule has 0 saturated carbocycles. The lowest BCUT2D eigenvalue weighted by atomic mass is 9.91. The molecule has 0 bridgehead atoms. The average molecular weight is 465 g/mol. The van der Waals surface area contributed by atoms with E-state index in [9.17, 15) is 19.1 Å². The van der Waals surface area contributed by atoms with Gasteiger partial charge in [0.15, 0.2) is 0 Å². The fourth-order valence-electron chi connectivity index (χ4n) is 4.13. The zero-order valence-electron chi connectivity index (χ0n) is 17.6. The summed E-state index contributed by atoms with van der Waals surface area (Å²) in [7, 11) is 0. The fraction of sp³-hybridized carbons (Fsp3) is 0.250. The van der Waals surface area contributed by atoms with Gasteiger partial charge in [-0.25, -0.2) is 9.37 Å². The summed E-state index contributed by atoms with van der Waals surface area (Å²) in [5.74, 6) is -0.595. The lowest BCUT2D eigenvalue weighted by Crippen LogP contribution is -2.49. The summed E-state index contributed by atoms with van der Waals surface area (Å²) < 4.78 is 19.4. The molecule has 4 aromatic rings. The van der Waals surface area contributed by atoms with Crippen molar-refractivity contribution in [3.63, 3.8) is 0 Å². The van der Waals surface area contributed by atoms with Gasteiger partial charge in [0.2, 0.25) is 0 Å². The summed E-state index contributed by atoms with van der Waals surface area (Å²) >= 11 is 1.11. The smallest absolute Gasteiger partial charge is 0.273 e. The molecule has 0 radical (unpaired) electrons. The molecular formula is C24H21FN4O3S. The second-order valence-electron chi connectivity index (χ2n) is 8.28. The molecule has 3 heterocycles. The van der Waals surface area contributed by atoms with E-state index in [2.05, 4.69) is 9.36 Å². The SMILES string of the molecule is O=C(c1ccc(F)cc1)N1CCC(O)(Cn2cnc3c(-c4ccccc4)nsc3c2=O)CC1. The Hall–Kier alpha value is -3.43. The van der Waals surface area contributed by atoms with E-state index in [1.807, 2.05) is 30.3 Å². The number of piperidine rings is 1. The maximum absolute atomic E-state index is 13.1. The first-order valence-electron chi connectivity index (χ1n) is 10.6. The van der Waals surface area contributed by atoms with Gasteiger partial charge in [0.05, 0.1) is 18.5 Å². The van der Waals surface area contributed by atoms with Crippen molar-refractivity contribution in [2.24, 2.45) is 0 Å². The van der Waals surface area contributed by atoms with Crippen molar-refractivity contribution in [1.29, 1.82) is 0 Å². The van der Waals surface area contributed by atoms with Crippen LogP contribution in [0.5, 0.6) is 0 Å². The number of nitrogens with zero attached hydrogens (tertiary/aromatic N) is 4. The number of benzene rings is 2. The molecule has 1 saturated heterocycles. The minimum atomic E-state index is -1.13. The van der Waals surface area contributed by atoms with Crippen LogP contribution in [-0.4, -0.2) is 48.5 Å². The van der Waals surface area contributed by atoms with Crippen molar-refractivity contribution in [3.05, 3.63) is 82.7 Å². The molecule has 0 aliphatic carbocycles. The number of halogens is 1. The summed E-state index contributed by atoms with van der Waals surface area (Å²) in [5.41, 5.74) is 1.16. The minimum Gasteiger partial charge on any atom is -0.388 e. The van der Waals surface area contributed by atoms with Gasteiger partial charge in [0.1, 0.15) is 21.7 Å². The summed E-state index contributed by atoms with van der Waals surface area (Å²) in [6.07, 6.45) is 2.10. The van der Waals surface area contributed by atoms with E-state index in [4.69, 9.17) is 0 Å². The number of amides is 1. The highest BCUT2D eigenvalue weighted by Crippen LogP contribution is 2.28. The van der Waals surface area contributed by atoms with Crippen molar-refractivity contribution < 1.29 is 14.3 Å². The maximum Gasteiger partial charge on any atom is 0.273 e. The highest BCUT2D eigenvalue weighted by atomic mass is 32.1. The Morgan fingerprint density at radius 3 is 2.48 bits per heavy atom. The topological polar surface area (TPSA) is 88.3 Å². The van der Waals surface area contributed by atoms with Crippen LogP contribution < -0.4 is 5.56 Å². The second-order valence-corrected chi connectivity index (χ2v) is 9.05. The molecule has 2 aromatic heterocycles. The van der Waals surface area contributed by atoms with Crippen molar-refractivity contribution in [1.82, 2.24) is 18.8 Å². The van der Waals surface area contributed by atoms with Crippen LogP contribution in [0.1, 0.15) is 23.2 Å². The predicted octanol–water partition coefficient (Wildman–Crippen LogP) is 3.33. The Morgan fingerprint density at radius 1 is 1.09 bits per heavy atom. The van der Waals surface area contributed by atoms with Gasteiger partial charge in [-0.1, -0.05) is 30.3 Å². The van der Waals surface area contributed by atoms with E-state index < -0.39 is 11.4 Å². The third-order valence-electron chi connectivity index (χ3n) is 6.03. The first-order chi connectivity index (χ1) is 15.9. The first-order valence-corrected chi connectivity index (χ1v) is 11.4. The van der Waals surface area contributed by atoms with Crippen molar-refractivity contribution in [2.75, 3.05) is 13.1 Å². The van der Waals surface area contributed by atoms with Crippen LogP contribution >= 0.6 is 11.5 Å². The number of hydrogen-bond acceptors (Lipinski definition) is 6. The summed E-state index contributed by atoms with van der Waals surface area (Å²) in [5, 5.41) is 11.1. The third-order valence-corrected chi connectivity index (χ3v) is 6.86. The Kier molecular flexibility index (Phi) is 5.51. The number of rotatable bonds is 4. The maximum atomic E-state index is 13.1. The van der Waals surface area contributed by atoms with Crippen molar-refractivity contribution in [2.45, 2.75) is 25.0 Å². The number of carbonyl (C=O) groups excluding carboxylic acids is 1. The molecule has 9 heteroatoms. The molecule has 1 N–H and O–H groups in total. The zero-order chi connectivity index (χ0) is 23.0. The van der Waals surface area contributed by atoms with Crippen LogP contribution in [0.3, 0.4) is 0 Å². The van der Waals surface area contributed by atoms with E-state index in [-0.39, 0.29) is 18.0 Å². The number of aliphatic hydroxyl groups is 1. The van der Waals surface area contributed by atoms with Gasteiger partial charge in [-0.05, 0) is 48.6 Å². The lowest BCUT2D eigenvalue weighted by Gasteiger charge is -2.38. The number of aromatic nitrogens is 3. The Bertz CT molecular complexity index is 1360. The highest BCUT2D eigenvalue weighted by molar-refractivity contribution is 7.13. The minimum absolute atomic E-state index is 0.0892. The van der Waals surface area contributed by atoms with Crippen LogP contribution in [0.25, 0.3) is 21.5 Å². The largest absolute Gasteiger partial charge is 0.388 e. The molecule has 7 nitrogen and oxygen atoms in total. The Morgan fingerprint density at radius 2 is 1.79 bits per heavy atom. The molecular weight excluding hydrogens is 443 g/mol. The number of likely N-dealkylation sites (tertiary alicyclic amines) is 1. The molecule has 1 aliphatic heterocycles. The van der Waals surface area contributed by atoms with E-state index in [0.717, 1.165) is 17.1 Å². The molecule has 33 heavy (non-hydrogen) atoms. The Balaban J connectivity index is 1.32. The monoisotopic (exact) mass is 464 g/mol. The molecule has 1 fully saturated rings.